The van der Waals surface area contributed by atoms with E-state index in [0.29, 0.717) is 12.8 Å². The molecule has 204 valence electrons. The summed E-state index contributed by atoms with van der Waals surface area (Å²) in [4.78, 5) is 39.4. The van der Waals surface area contributed by atoms with E-state index < -0.39 is 11.0 Å². The third-order valence-electron chi connectivity index (χ3n) is 7.14. The first-order valence-corrected chi connectivity index (χ1v) is 12.8. The number of ether oxygens (including phenoxy) is 1. The molecule has 2 aliphatic rings. The summed E-state index contributed by atoms with van der Waals surface area (Å²) in [6.07, 6.45) is 4.37. The van der Waals surface area contributed by atoms with Crippen LogP contribution in [-0.4, -0.2) is 70.7 Å². The maximum Gasteiger partial charge on any atom is 0.311 e. The minimum Gasteiger partial charge on any atom is -0.490 e. The molecule has 3 aromatic rings. The van der Waals surface area contributed by atoms with Crippen molar-refractivity contribution < 1.29 is 19.2 Å². The van der Waals surface area contributed by atoms with Crippen molar-refractivity contribution in [2.75, 3.05) is 43.5 Å². The highest BCUT2D eigenvalue weighted by atomic mass is 16.6. The van der Waals surface area contributed by atoms with Crippen molar-refractivity contribution in [2.24, 2.45) is 7.05 Å². The van der Waals surface area contributed by atoms with Crippen LogP contribution in [0.5, 0.6) is 5.75 Å². The van der Waals surface area contributed by atoms with Crippen LogP contribution in [0.4, 0.5) is 17.1 Å². The third kappa shape index (κ3) is 5.85. The number of carbonyl (C=O) groups excluding carboxylic acids is 2. The van der Waals surface area contributed by atoms with Crippen molar-refractivity contribution in [1.29, 1.82) is 0 Å². The van der Waals surface area contributed by atoms with E-state index in [0.717, 1.165) is 60.8 Å². The number of methoxy groups -OCH3 is 1. The summed E-state index contributed by atoms with van der Waals surface area (Å²) >= 11 is 0. The van der Waals surface area contributed by atoms with E-state index in [4.69, 9.17) is 4.74 Å². The Kier molecular flexibility index (Phi) is 7.46. The lowest BCUT2D eigenvalue weighted by molar-refractivity contribution is -0.385. The molecule has 0 bridgehead atoms. The lowest BCUT2D eigenvalue weighted by atomic mass is 10.0. The molecule has 0 aliphatic carbocycles. The van der Waals surface area contributed by atoms with E-state index in [1.807, 2.05) is 31.4 Å². The highest BCUT2D eigenvalue weighted by Gasteiger charge is 2.27. The largest absolute Gasteiger partial charge is 0.490 e. The normalized spacial score (nSPS) is 18.1. The fraction of sp³-hybridized carbons (Fsp3) is 0.370. The van der Waals surface area contributed by atoms with Crippen LogP contribution in [0.1, 0.15) is 18.4 Å². The van der Waals surface area contributed by atoms with Crippen molar-refractivity contribution in [2.45, 2.75) is 25.4 Å². The Morgan fingerprint density at radius 1 is 1.18 bits per heavy atom. The van der Waals surface area contributed by atoms with Gasteiger partial charge >= 0.3 is 5.69 Å². The number of piperidine rings is 1. The molecule has 3 heterocycles. The predicted molar refractivity (Wildman–Crippen MR) is 146 cm³/mol. The van der Waals surface area contributed by atoms with Crippen LogP contribution in [0.3, 0.4) is 0 Å². The summed E-state index contributed by atoms with van der Waals surface area (Å²) < 4.78 is 7.04. The molecule has 2 amide bonds. The average molecular weight is 534 g/mol. The van der Waals surface area contributed by atoms with E-state index in [1.54, 1.807) is 23.0 Å². The van der Waals surface area contributed by atoms with Crippen LogP contribution < -0.4 is 20.3 Å². The molecule has 0 spiro atoms. The Morgan fingerprint density at radius 2 is 1.97 bits per heavy atom. The number of carbonyl (C=O) groups is 2. The molecule has 2 aromatic carbocycles. The minimum absolute atomic E-state index is 0.0791. The highest BCUT2D eigenvalue weighted by Crippen LogP contribution is 2.40. The summed E-state index contributed by atoms with van der Waals surface area (Å²) in [5.41, 5.74) is 4.32. The highest BCUT2D eigenvalue weighted by molar-refractivity contribution is 6.01. The number of nitrogens with one attached hydrogen (secondary N) is 2. The number of hydrogen-bond acceptors (Lipinski definition) is 9. The molecule has 39 heavy (non-hydrogen) atoms. The number of aryl methyl sites for hydroxylation is 1. The third-order valence-corrected chi connectivity index (χ3v) is 7.14. The molecule has 2 saturated heterocycles. The molecule has 1 aromatic heterocycles. The van der Waals surface area contributed by atoms with Crippen LogP contribution in [0.25, 0.3) is 11.1 Å². The van der Waals surface area contributed by atoms with Gasteiger partial charge in [0.15, 0.2) is 5.75 Å². The molecule has 12 nitrogen and oxygen atoms in total. The predicted octanol–water partition coefficient (Wildman–Crippen LogP) is 2.54. The number of benzene rings is 2. The summed E-state index contributed by atoms with van der Waals surface area (Å²) in [5, 5.41) is 21.6. The van der Waals surface area contributed by atoms with Gasteiger partial charge in [0.1, 0.15) is 6.04 Å². The van der Waals surface area contributed by atoms with Crippen molar-refractivity contribution in [3.63, 3.8) is 0 Å². The van der Waals surface area contributed by atoms with Crippen LogP contribution in [0, 0.1) is 10.1 Å². The maximum absolute atomic E-state index is 12.1. The minimum atomic E-state index is -0.427. The number of imide groups is 1. The molecule has 2 aliphatic heterocycles. The van der Waals surface area contributed by atoms with E-state index in [2.05, 4.69) is 31.6 Å². The van der Waals surface area contributed by atoms with Gasteiger partial charge in [-0.15, -0.1) is 0 Å². The number of nitro benzene ring substituents is 1. The second kappa shape index (κ2) is 11.1. The number of anilines is 2. The van der Waals surface area contributed by atoms with E-state index in [1.165, 1.54) is 7.11 Å². The number of piperazine rings is 1. The first-order valence-electron chi connectivity index (χ1n) is 12.8. The standard InChI is InChI=1S/C27H31N7O5/c1-31-17-19(15-28-31)21-13-24(34(37)38)25(39-2)14-23(21)33-10-8-32(9-11-33)16-18-4-3-5-20(12-18)29-22-6-7-26(35)30-27(22)36/h3-5,12-15,17,22,29H,6-11,16H2,1-2H3,(H,30,35,36). The van der Waals surface area contributed by atoms with Gasteiger partial charge in [-0.1, -0.05) is 12.1 Å². The number of hydrogen-bond donors (Lipinski definition) is 2. The maximum atomic E-state index is 12.1. The van der Waals surface area contributed by atoms with E-state index in [-0.39, 0.29) is 23.3 Å². The van der Waals surface area contributed by atoms with Crippen LogP contribution in [-0.2, 0) is 23.2 Å². The molecular formula is C27H31N7O5. The lowest BCUT2D eigenvalue weighted by Crippen LogP contribution is -2.47. The Balaban J connectivity index is 1.27. The van der Waals surface area contributed by atoms with Gasteiger partial charge in [0.25, 0.3) is 0 Å². The zero-order valence-electron chi connectivity index (χ0n) is 21.9. The topological polar surface area (TPSA) is 135 Å². The van der Waals surface area contributed by atoms with Gasteiger partial charge in [0.2, 0.25) is 11.8 Å². The lowest BCUT2D eigenvalue weighted by Gasteiger charge is -2.37. The molecule has 5 rings (SSSR count). The molecule has 12 heteroatoms. The number of amides is 2. The Bertz CT molecular complexity index is 1400. The Labute approximate surface area is 225 Å². The molecular weight excluding hydrogens is 502 g/mol. The van der Waals surface area contributed by atoms with Crippen molar-refractivity contribution in [3.8, 4) is 16.9 Å². The SMILES string of the molecule is COc1cc(N2CCN(Cc3cccc(NC4CCC(=O)NC4=O)c3)CC2)c(-c2cnn(C)c2)cc1[N+](=O)[O-]. The molecule has 1 atom stereocenters. The summed E-state index contributed by atoms with van der Waals surface area (Å²) in [6, 6.07) is 10.9. The van der Waals surface area contributed by atoms with Gasteiger partial charge in [-0.2, -0.15) is 5.10 Å². The van der Waals surface area contributed by atoms with Gasteiger partial charge < -0.3 is 15.0 Å². The fourth-order valence-corrected chi connectivity index (χ4v) is 5.11. The first-order chi connectivity index (χ1) is 18.8. The zero-order chi connectivity index (χ0) is 27.5. The number of rotatable bonds is 8. The molecule has 1 unspecified atom stereocenters. The second-order valence-electron chi connectivity index (χ2n) is 9.81. The molecule has 2 fully saturated rings. The summed E-state index contributed by atoms with van der Waals surface area (Å²) in [7, 11) is 3.26. The van der Waals surface area contributed by atoms with Crippen molar-refractivity contribution in [1.82, 2.24) is 20.0 Å². The fourth-order valence-electron chi connectivity index (χ4n) is 5.11. The van der Waals surface area contributed by atoms with Crippen LogP contribution in [0.15, 0.2) is 48.8 Å². The smallest absolute Gasteiger partial charge is 0.311 e. The second-order valence-corrected chi connectivity index (χ2v) is 9.81. The molecule has 0 saturated carbocycles. The van der Waals surface area contributed by atoms with E-state index >= 15 is 0 Å². The molecule has 2 N–H and O–H groups in total. The Morgan fingerprint density at radius 3 is 2.64 bits per heavy atom. The van der Waals surface area contributed by atoms with Gasteiger partial charge in [0.05, 0.1) is 18.2 Å². The summed E-state index contributed by atoms with van der Waals surface area (Å²) in [5.74, 6) is -0.294. The van der Waals surface area contributed by atoms with Gasteiger partial charge in [-0.3, -0.25) is 34.6 Å². The van der Waals surface area contributed by atoms with E-state index in [9.17, 15) is 19.7 Å². The van der Waals surface area contributed by atoms with Crippen molar-refractivity contribution in [3.05, 3.63) is 64.5 Å². The zero-order valence-corrected chi connectivity index (χ0v) is 21.9. The average Bonchev–Trinajstić information content (AvgIpc) is 3.36. The number of nitro groups is 1. The summed E-state index contributed by atoms with van der Waals surface area (Å²) in [6.45, 7) is 3.83. The van der Waals surface area contributed by atoms with Gasteiger partial charge in [0, 0.05) is 87.0 Å². The Hall–Kier alpha value is -4.45. The van der Waals surface area contributed by atoms with Gasteiger partial charge in [-0.25, -0.2) is 0 Å². The van der Waals surface area contributed by atoms with Crippen molar-refractivity contribution >= 4 is 28.9 Å². The van der Waals surface area contributed by atoms with Crippen LogP contribution in [0.2, 0.25) is 0 Å². The first kappa shape index (κ1) is 26.2. The molecule has 0 radical (unpaired) electrons. The monoisotopic (exact) mass is 533 g/mol. The number of nitrogens with zero attached hydrogens (tertiary/aromatic N) is 5. The van der Waals surface area contributed by atoms with Gasteiger partial charge in [-0.05, 0) is 24.1 Å². The number of aromatic nitrogens is 2. The van der Waals surface area contributed by atoms with Crippen LogP contribution >= 0.6 is 0 Å². The quantitative estimate of drug-likeness (QED) is 0.254.